The number of aliphatic hydroxyl groups is 1. The van der Waals surface area contributed by atoms with Crippen LogP contribution >= 0.6 is 0 Å². The lowest BCUT2D eigenvalue weighted by Gasteiger charge is -2.36. The van der Waals surface area contributed by atoms with E-state index in [-0.39, 0.29) is 11.6 Å². The molecular formula is C9H22O2Si. The fourth-order valence-corrected chi connectivity index (χ4v) is 1.51. The predicted octanol–water partition coefficient (Wildman–Crippen LogP) is 2.39. The molecule has 0 rings (SSSR count). The molecule has 3 heteroatoms. The first-order chi connectivity index (χ1) is 6.38. The van der Waals surface area contributed by atoms with Crippen LogP contribution in [0.5, 0.6) is 0 Å². The van der Waals surface area contributed by atoms with Gasteiger partial charge in [0.15, 0.2) is 8.32 Å². The fourth-order valence-electron chi connectivity index (χ4n) is 0.504. The molecule has 0 aromatic heterocycles. The van der Waals surface area contributed by atoms with Crippen LogP contribution in [0.2, 0.25) is 18.1 Å². The topological polar surface area (TPSA) is 29.5 Å². The summed E-state index contributed by atoms with van der Waals surface area (Å²) in [5.41, 5.74) is 0. The Morgan fingerprint density at radius 3 is 2.33 bits per heavy atom. The quantitative estimate of drug-likeness (QED) is 0.697. The second-order valence-electron chi connectivity index (χ2n) is 4.59. The summed E-state index contributed by atoms with van der Waals surface area (Å²) in [4.78, 5) is 0. The standard InChI is InChI=1S/C9H22O2Si/c1-8(10)7-11-12(5,6)9(2,3)4/h8,10H,7H2,1-6H3/i1D3. The van der Waals surface area contributed by atoms with Gasteiger partial charge in [0.05, 0.1) is 12.7 Å². The average Bonchev–Trinajstić information content (AvgIpc) is 1.96. The Morgan fingerprint density at radius 2 is 2.00 bits per heavy atom. The summed E-state index contributed by atoms with van der Waals surface area (Å²) in [5.74, 6) is 0. The van der Waals surface area contributed by atoms with Crippen LogP contribution in [0.25, 0.3) is 0 Å². The highest BCUT2D eigenvalue weighted by molar-refractivity contribution is 6.74. The van der Waals surface area contributed by atoms with E-state index in [1.807, 2.05) is 13.1 Å². The molecular weight excluding hydrogens is 168 g/mol. The summed E-state index contributed by atoms with van der Waals surface area (Å²) in [6.45, 7) is 7.82. The summed E-state index contributed by atoms with van der Waals surface area (Å²) in [7, 11) is -1.96. The largest absolute Gasteiger partial charge is 0.414 e. The number of rotatable bonds is 3. The molecule has 0 aromatic rings. The molecule has 0 bridgehead atoms. The number of hydrogen-bond donors (Lipinski definition) is 1. The van der Waals surface area contributed by atoms with Crippen LogP contribution in [0.15, 0.2) is 0 Å². The Bertz CT molecular complexity index is 208. The van der Waals surface area contributed by atoms with Crippen LogP contribution in [-0.4, -0.2) is 26.1 Å². The van der Waals surface area contributed by atoms with Crippen molar-refractivity contribution in [2.75, 3.05) is 6.61 Å². The lowest BCUT2D eigenvalue weighted by Crippen LogP contribution is -2.42. The van der Waals surface area contributed by atoms with Crippen LogP contribution in [0.4, 0.5) is 0 Å². The molecule has 0 aliphatic heterocycles. The van der Waals surface area contributed by atoms with Crippen LogP contribution in [0.3, 0.4) is 0 Å². The van der Waals surface area contributed by atoms with Gasteiger partial charge in [-0.3, -0.25) is 0 Å². The van der Waals surface area contributed by atoms with Gasteiger partial charge in [-0.1, -0.05) is 20.8 Å². The van der Waals surface area contributed by atoms with Gasteiger partial charge in [-0.25, -0.2) is 0 Å². The fraction of sp³-hybridized carbons (Fsp3) is 1.00. The second-order valence-corrected chi connectivity index (χ2v) is 9.40. The highest BCUT2D eigenvalue weighted by atomic mass is 28.4. The van der Waals surface area contributed by atoms with E-state index in [0.29, 0.717) is 0 Å². The molecule has 2 nitrogen and oxygen atoms in total. The smallest absolute Gasteiger partial charge is 0.192 e. The van der Waals surface area contributed by atoms with E-state index < -0.39 is 21.3 Å². The molecule has 1 unspecified atom stereocenters. The van der Waals surface area contributed by atoms with Gasteiger partial charge < -0.3 is 9.53 Å². The Kier molecular flexibility index (Phi) is 2.45. The van der Waals surface area contributed by atoms with Gasteiger partial charge in [-0.05, 0) is 25.0 Å². The van der Waals surface area contributed by atoms with Gasteiger partial charge in [-0.15, -0.1) is 0 Å². The van der Waals surface area contributed by atoms with Crippen molar-refractivity contribution >= 4 is 8.32 Å². The highest BCUT2D eigenvalue weighted by Gasteiger charge is 2.37. The molecule has 1 N–H and O–H groups in total. The first-order valence-corrected chi connectivity index (χ1v) is 7.11. The molecule has 0 aromatic carbocycles. The molecule has 0 spiro atoms. The third-order valence-corrected chi connectivity index (χ3v) is 6.91. The van der Waals surface area contributed by atoms with Crippen molar-refractivity contribution in [1.29, 1.82) is 0 Å². The third kappa shape index (κ3) is 3.69. The van der Waals surface area contributed by atoms with E-state index in [0.717, 1.165) is 0 Å². The van der Waals surface area contributed by atoms with Gasteiger partial charge in [0.1, 0.15) is 0 Å². The summed E-state index contributed by atoms with van der Waals surface area (Å²) < 4.78 is 26.7. The van der Waals surface area contributed by atoms with E-state index in [1.54, 1.807) is 0 Å². The molecule has 0 heterocycles. The Labute approximate surface area is 81.3 Å². The minimum absolute atomic E-state index is 0.0292. The van der Waals surface area contributed by atoms with Crippen LogP contribution in [0, 0.1) is 0 Å². The Hall–Kier alpha value is 0.137. The Morgan fingerprint density at radius 1 is 1.50 bits per heavy atom. The number of hydrogen-bond acceptors (Lipinski definition) is 2. The maximum absolute atomic E-state index is 9.35. The SMILES string of the molecule is [2H]C([2H])([2H])C(O)CO[Si](C)(C)C(C)(C)C. The molecule has 12 heavy (non-hydrogen) atoms. The van der Waals surface area contributed by atoms with E-state index in [4.69, 9.17) is 8.54 Å². The highest BCUT2D eigenvalue weighted by Crippen LogP contribution is 2.36. The zero-order valence-corrected chi connectivity index (χ0v) is 9.64. The third-order valence-electron chi connectivity index (χ3n) is 2.41. The maximum Gasteiger partial charge on any atom is 0.192 e. The monoisotopic (exact) mass is 193 g/mol. The van der Waals surface area contributed by atoms with E-state index >= 15 is 0 Å². The summed E-state index contributed by atoms with van der Waals surface area (Å²) in [6.07, 6.45) is -1.38. The van der Waals surface area contributed by atoms with E-state index in [1.165, 1.54) is 0 Å². The van der Waals surface area contributed by atoms with Crippen molar-refractivity contribution in [1.82, 2.24) is 0 Å². The average molecular weight is 193 g/mol. The van der Waals surface area contributed by atoms with Crippen molar-refractivity contribution < 1.29 is 13.6 Å². The van der Waals surface area contributed by atoms with Crippen LogP contribution in [0.1, 0.15) is 31.7 Å². The summed E-state index contributed by atoms with van der Waals surface area (Å²) in [6, 6.07) is 0. The van der Waals surface area contributed by atoms with Gasteiger partial charge in [0.2, 0.25) is 0 Å². The zero-order valence-electron chi connectivity index (χ0n) is 11.6. The van der Waals surface area contributed by atoms with Crippen molar-refractivity contribution in [3.8, 4) is 0 Å². The van der Waals surface area contributed by atoms with Crippen molar-refractivity contribution in [2.45, 2.75) is 51.9 Å². The zero-order chi connectivity index (χ0) is 12.5. The molecule has 0 radical (unpaired) electrons. The van der Waals surface area contributed by atoms with Crippen LogP contribution < -0.4 is 0 Å². The lowest BCUT2D eigenvalue weighted by atomic mass is 10.2. The van der Waals surface area contributed by atoms with Crippen molar-refractivity contribution in [3.63, 3.8) is 0 Å². The maximum atomic E-state index is 9.35. The van der Waals surface area contributed by atoms with E-state index in [2.05, 4.69) is 20.8 Å². The molecule has 74 valence electrons. The minimum Gasteiger partial charge on any atom is -0.414 e. The summed E-state index contributed by atoms with van der Waals surface area (Å²) in [5, 5.41) is 9.38. The minimum atomic E-state index is -2.34. The van der Waals surface area contributed by atoms with Gasteiger partial charge in [0.25, 0.3) is 0 Å². The van der Waals surface area contributed by atoms with Crippen LogP contribution in [-0.2, 0) is 4.43 Å². The van der Waals surface area contributed by atoms with Gasteiger partial charge in [-0.2, -0.15) is 0 Å². The number of aliphatic hydroxyl groups excluding tert-OH is 1. The first-order valence-electron chi connectivity index (χ1n) is 5.70. The lowest BCUT2D eigenvalue weighted by molar-refractivity contribution is 0.114. The van der Waals surface area contributed by atoms with Gasteiger partial charge in [0, 0.05) is 4.11 Å². The molecule has 0 saturated carbocycles. The summed E-state index contributed by atoms with van der Waals surface area (Å²) >= 11 is 0. The first kappa shape index (κ1) is 7.53. The molecule has 0 amide bonds. The second kappa shape index (κ2) is 3.90. The Balaban J connectivity index is 4.29. The molecule has 0 fully saturated rings. The van der Waals surface area contributed by atoms with E-state index in [9.17, 15) is 5.11 Å². The van der Waals surface area contributed by atoms with Crippen molar-refractivity contribution in [2.24, 2.45) is 0 Å². The van der Waals surface area contributed by atoms with Gasteiger partial charge >= 0.3 is 0 Å². The predicted molar refractivity (Wildman–Crippen MR) is 54.8 cm³/mol. The normalized spacial score (nSPS) is 21.0. The molecule has 1 atom stereocenters. The molecule has 0 aliphatic rings. The van der Waals surface area contributed by atoms with Crippen molar-refractivity contribution in [3.05, 3.63) is 0 Å². The molecule has 0 aliphatic carbocycles. The molecule has 0 saturated heterocycles.